The van der Waals surface area contributed by atoms with Crippen molar-refractivity contribution in [2.45, 2.75) is 38.1 Å². The largest absolute Gasteiger partial charge is 0.323 e. The number of nitrogens with zero attached hydrogens (tertiary/aromatic N) is 2. The fraction of sp³-hybridized carbons (Fsp3) is 0.375. The molecule has 0 bridgehead atoms. The summed E-state index contributed by atoms with van der Waals surface area (Å²) in [6.45, 7) is 2.03. The molecule has 0 saturated heterocycles. The van der Waals surface area contributed by atoms with Crippen molar-refractivity contribution in [3.8, 4) is 0 Å². The third-order valence-electron chi connectivity index (χ3n) is 4.08. The molecule has 19 heavy (non-hydrogen) atoms. The molecule has 98 valence electrons. The first-order chi connectivity index (χ1) is 9.27. The number of aryl methyl sites for hydroxylation is 2. The molecule has 1 aliphatic rings. The minimum atomic E-state index is -0.0114. The first-order valence-corrected chi connectivity index (χ1v) is 6.88. The molecular formula is C16H19N3. The highest BCUT2D eigenvalue weighted by Gasteiger charge is 2.28. The van der Waals surface area contributed by atoms with E-state index in [0.717, 1.165) is 24.1 Å². The van der Waals surface area contributed by atoms with E-state index in [-0.39, 0.29) is 6.04 Å². The van der Waals surface area contributed by atoms with Crippen LogP contribution in [0.3, 0.4) is 0 Å². The van der Waals surface area contributed by atoms with E-state index < -0.39 is 0 Å². The Labute approximate surface area is 113 Å². The zero-order valence-corrected chi connectivity index (χ0v) is 11.2. The van der Waals surface area contributed by atoms with Crippen LogP contribution in [0.5, 0.6) is 0 Å². The van der Waals surface area contributed by atoms with Gasteiger partial charge in [0.05, 0.1) is 0 Å². The highest BCUT2D eigenvalue weighted by molar-refractivity contribution is 5.32. The maximum absolute atomic E-state index is 6.51. The van der Waals surface area contributed by atoms with E-state index in [1.165, 1.54) is 17.7 Å². The number of fused-ring (bicyclic) bond motifs is 1. The van der Waals surface area contributed by atoms with Crippen LogP contribution in [0.1, 0.15) is 47.3 Å². The number of hydrogen-bond donors (Lipinski definition) is 1. The van der Waals surface area contributed by atoms with Gasteiger partial charge >= 0.3 is 0 Å². The smallest absolute Gasteiger partial charge is 0.0485 e. The van der Waals surface area contributed by atoms with Crippen molar-refractivity contribution >= 4 is 0 Å². The van der Waals surface area contributed by atoms with Gasteiger partial charge in [0, 0.05) is 35.7 Å². The molecule has 1 aliphatic carbocycles. The molecule has 2 unspecified atom stereocenters. The molecule has 0 fully saturated rings. The lowest BCUT2D eigenvalue weighted by Gasteiger charge is -2.29. The van der Waals surface area contributed by atoms with Crippen molar-refractivity contribution in [3.05, 3.63) is 59.2 Å². The third kappa shape index (κ3) is 2.26. The predicted molar refractivity (Wildman–Crippen MR) is 75.8 cm³/mol. The van der Waals surface area contributed by atoms with Crippen molar-refractivity contribution < 1.29 is 0 Å². The van der Waals surface area contributed by atoms with Gasteiger partial charge in [0.2, 0.25) is 0 Å². The van der Waals surface area contributed by atoms with E-state index in [1.807, 2.05) is 31.5 Å². The fourth-order valence-corrected chi connectivity index (χ4v) is 3.06. The van der Waals surface area contributed by atoms with E-state index in [0.29, 0.717) is 5.92 Å². The number of pyridine rings is 2. The van der Waals surface area contributed by atoms with Gasteiger partial charge in [-0.3, -0.25) is 9.97 Å². The Hall–Kier alpha value is -1.74. The molecule has 0 aliphatic heterocycles. The zero-order valence-electron chi connectivity index (χ0n) is 11.2. The van der Waals surface area contributed by atoms with Crippen molar-refractivity contribution in [3.63, 3.8) is 0 Å². The third-order valence-corrected chi connectivity index (χ3v) is 4.08. The van der Waals surface area contributed by atoms with Crippen LogP contribution in [0.15, 0.2) is 36.7 Å². The Morgan fingerprint density at radius 3 is 2.84 bits per heavy atom. The molecule has 0 aromatic carbocycles. The highest BCUT2D eigenvalue weighted by Crippen LogP contribution is 2.38. The molecule has 0 saturated carbocycles. The summed E-state index contributed by atoms with van der Waals surface area (Å²) in [5.41, 5.74) is 11.2. The summed E-state index contributed by atoms with van der Waals surface area (Å²) < 4.78 is 0. The molecule has 3 rings (SSSR count). The van der Waals surface area contributed by atoms with Crippen LogP contribution in [-0.2, 0) is 6.42 Å². The summed E-state index contributed by atoms with van der Waals surface area (Å²) in [4.78, 5) is 8.93. The maximum Gasteiger partial charge on any atom is 0.0485 e. The van der Waals surface area contributed by atoms with Crippen molar-refractivity contribution in [2.24, 2.45) is 5.73 Å². The van der Waals surface area contributed by atoms with E-state index in [9.17, 15) is 0 Å². The van der Waals surface area contributed by atoms with Crippen LogP contribution in [0.4, 0.5) is 0 Å². The van der Waals surface area contributed by atoms with Crippen LogP contribution < -0.4 is 5.73 Å². The number of rotatable bonds is 2. The number of hydrogen-bond acceptors (Lipinski definition) is 3. The van der Waals surface area contributed by atoms with Gasteiger partial charge in [0.25, 0.3) is 0 Å². The molecule has 3 heteroatoms. The topological polar surface area (TPSA) is 51.8 Å². The minimum Gasteiger partial charge on any atom is -0.323 e. The molecule has 2 atom stereocenters. The number of nitrogens with two attached hydrogens (primary N) is 1. The molecule has 2 aromatic heterocycles. The second-order valence-electron chi connectivity index (χ2n) is 5.25. The SMILES string of the molecule is Cc1ncccc1C(N)C1CCCc2cccnc21. The van der Waals surface area contributed by atoms with Gasteiger partial charge in [-0.05, 0) is 49.4 Å². The van der Waals surface area contributed by atoms with Crippen LogP contribution in [0, 0.1) is 6.92 Å². The standard InChI is InChI=1S/C16H19N3/c1-11-13(8-4-9-18-11)15(17)14-7-2-5-12-6-3-10-19-16(12)14/h3-4,6,8-10,14-15H,2,5,7,17H2,1H3. The molecule has 3 nitrogen and oxygen atoms in total. The van der Waals surface area contributed by atoms with Crippen LogP contribution in [0.2, 0.25) is 0 Å². The Kier molecular flexibility index (Phi) is 3.30. The summed E-state index contributed by atoms with van der Waals surface area (Å²) in [7, 11) is 0. The molecule has 2 N–H and O–H groups in total. The van der Waals surface area contributed by atoms with Gasteiger partial charge in [0.15, 0.2) is 0 Å². The van der Waals surface area contributed by atoms with E-state index in [2.05, 4.69) is 22.1 Å². The van der Waals surface area contributed by atoms with Gasteiger partial charge in [-0.25, -0.2) is 0 Å². The monoisotopic (exact) mass is 253 g/mol. The molecular weight excluding hydrogens is 234 g/mol. The predicted octanol–water partition coefficient (Wildman–Crippen LogP) is 2.90. The Morgan fingerprint density at radius 2 is 2.00 bits per heavy atom. The van der Waals surface area contributed by atoms with Crippen LogP contribution in [-0.4, -0.2) is 9.97 Å². The molecule has 0 spiro atoms. The average Bonchev–Trinajstić information content (AvgIpc) is 2.46. The number of aromatic nitrogens is 2. The second kappa shape index (κ2) is 5.10. The average molecular weight is 253 g/mol. The first-order valence-electron chi connectivity index (χ1n) is 6.88. The van der Waals surface area contributed by atoms with E-state index in [4.69, 9.17) is 5.73 Å². The fourth-order valence-electron chi connectivity index (χ4n) is 3.06. The van der Waals surface area contributed by atoms with E-state index in [1.54, 1.807) is 0 Å². The Morgan fingerprint density at radius 1 is 1.21 bits per heavy atom. The molecule has 2 heterocycles. The van der Waals surface area contributed by atoms with Crippen molar-refractivity contribution in [1.29, 1.82) is 0 Å². The van der Waals surface area contributed by atoms with Gasteiger partial charge in [0.1, 0.15) is 0 Å². The lowest BCUT2D eigenvalue weighted by Crippen LogP contribution is -2.25. The van der Waals surface area contributed by atoms with Gasteiger partial charge in [-0.15, -0.1) is 0 Å². The Bertz CT molecular complexity index is 580. The normalized spacial score (nSPS) is 19.8. The molecule has 0 radical (unpaired) electrons. The highest BCUT2D eigenvalue weighted by atomic mass is 14.8. The van der Waals surface area contributed by atoms with Crippen LogP contribution in [0.25, 0.3) is 0 Å². The maximum atomic E-state index is 6.51. The summed E-state index contributed by atoms with van der Waals surface area (Å²) in [6.07, 6.45) is 7.12. The first kappa shape index (κ1) is 12.3. The lowest BCUT2D eigenvalue weighted by molar-refractivity contribution is 0.460. The molecule has 2 aromatic rings. The second-order valence-corrected chi connectivity index (χ2v) is 5.25. The van der Waals surface area contributed by atoms with Gasteiger partial charge < -0.3 is 5.73 Å². The summed E-state index contributed by atoms with van der Waals surface area (Å²) in [5, 5.41) is 0. The quantitative estimate of drug-likeness (QED) is 0.895. The Balaban J connectivity index is 1.98. The van der Waals surface area contributed by atoms with Gasteiger partial charge in [-0.2, -0.15) is 0 Å². The zero-order chi connectivity index (χ0) is 13.2. The summed E-state index contributed by atoms with van der Waals surface area (Å²) in [5.74, 6) is 0.313. The van der Waals surface area contributed by atoms with Crippen molar-refractivity contribution in [1.82, 2.24) is 9.97 Å². The van der Waals surface area contributed by atoms with Gasteiger partial charge in [-0.1, -0.05) is 12.1 Å². The lowest BCUT2D eigenvalue weighted by atomic mass is 9.80. The molecule has 0 amide bonds. The summed E-state index contributed by atoms with van der Waals surface area (Å²) in [6, 6.07) is 8.23. The van der Waals surface area contributed by atoms with Crippen molar-refractivity contribution in [2.75, 3.05) is 0 Å². The minimum absolute atomic E-state index is 0.0114. The van der Waals surface area contributed by atoms with E-state index >= 15 is 0 Å². The van der Waals surface area contributed by atoms with Crippen LogP contribution >= 0.6 is 0 Å². The summed E-state index contributed by atoms with van der Waals surface area (Å²) >= 11 is 0.